The van der Waals surface area contributed by atoms with Crippen molar-refractivity contribution in [2.45, 2.75) is 18.9 Å². The average molecular weight is 392 g/mol. The number of hydrogen-bond donors (Lipinski definition) is 1. The molecule has 1 saturated heterocycles. The van der Waals surface area contributed by atoms with Crippen LogP contribution in [0.3, 0.4) is 0 Å². The van der Waals surface area contributed by atoms with Crippen LogP contribution in [0.5, 0.6) is 5.75 Å². The molecule has 0 spiro atoms. The molecule has 140 valence electrons. The number of phenolic OH excluding ortho intramolecular Hbond substituents is 1. The highest BCUT2D eigenvalue weighted by Gasteiger charge is 2.32. The van der Waals surface area contributed by atoms with Crippen molar-refractivity contribution in [2.24, 2.45) is 0 Å². The Morgan fingerprint density at radius 3 is 2.68 bits per heavy atom. The Morgan fingerprint density at radius 1 is 1.07 bits per heavy atom. The molecule has 1 fully saturated rings. The molecule has 4 nitrogen and oxygen atoms in total. The molecular weight excluding hydrogens is 374 g/mol. The maximum absolute atomic E-state index is 12.7. The van der Waals surface area contributed by atoms with Crippen LogP contribution >= 0.6 is 11.6 Å². The highest BCUT2D eigenvalue weighted by Crippen LogP contribution is 2.41. The Bertz CT molecular complexity index is 1200. The molecule has 0 saturated carbocycles. The average Bonchev–Trinajstić information content (AvgIpc) is 3.26. The van der Waals surface area contributed by atoms with Crippen LogP contribution in [-0.4, -0.2) is 22.5 Å². The van der Waals surface area contributed by atoms with Gasteiger partial charge in [-0.1, -0.05) is 48.0 Å². The summed E-state index contributed by atoms with van der Waals surface area (Å²) in [5.74, 6) is 0.315. The van der Waals surface area contributed by atoms with Crippen molar-refractivity contribution in [3.63, 3.8) is 0 Å². The zero-order valence-corrected chi connectivity index (χ0v) is 15.8. The number of furan rings is 1. The minimum Gasteiger partial charge on any atom is -0.504 e. The minimum atomic E-state index is 0.0592. The van der Waals surface area contributed by atoms with E-state index < -0.39 is 0 Å². The summed E-state index contributed by atoms with van der Waals surface area (Å²) in [5.41, 5.74) is 3.33. The molecule has 1 unspecified atom stereocenters. The van der Waals surface area contributed by atoms with Crippen molar-refractivity contribution < 1.29 is 14.3 Å². The van der Waals surface area contributed by atoms with Gasteiger partial charge < -0.3 is 14.4 Å². The number of amides is 1. The monoisotopic (exact) mass is 391 g/mol. The maximum Gasteiger partial charge on any atom is 0.223 e. The molecule has 0 aliphatic carbocycles. The van der Waals surface area contributed by atoms with Crippen LogP contribution in [0.15, 0.2) is 65.1 Å². The summed E-state index contributed by atoms with van der Waals surface area (Å²) in [6, 6.07) is 18.9. The number of benzene rings is 3. The summed E-state index contributed by atoms with van der Waals surface area (Å²) < 4.78 is 5.88. The van der Waals surface area contributed by atoms with Gasteiger partial charge >= 0.3 is 0 Å². The van der Waals surface area contributed by atoms with Gasteiger partial charge in [0, 0.05) is 41.2 Å². The molecular formula is C23H18ClNO3. The van der Waals surface area contributed by atoms with Crippen LogP contribution in [0.1, 0.15) is 23.5 Å². The Hall–Kier alpha value is -2.98. The van der Waals surface area contributed by atoms with Crippen molar-refractivity contribution in [3.8, 4) is 5.75 Å². The van der Waals surface area contributed by atoms with E-state index in [-0.39, 0.29) is 17.6 Å². The number of carbonyl (C=O) groups is 1. The van der Waals surface area contributed by atoms with Crippen molar-refractivity contribution in [2.75, 3.05) is 6.54 Å². The Balaban J connectivity index is 1.51. The molecule has 0 bridgehead atoms. The van der Waals surface area contributed by atoms with Crippen molar-refractivity contribution in [3.05, 3.63) is 76.8 Å². The van der Waals surface area contributed by atoms with E-state index in [0.29, 0.717) is 30.1 Å². The fourth-order valence-electron chi connectivity index (χ4n) is 4.12. The van der Waals surface area contributed by atoms with Gasteiger partial charge in [0.2, 0.25) is 5.91 Å². The summed E-state index contributed by atoms with van der Waals surface area (Å²) in [4.78, 5) is 14.5. The quantitative estimate of drug-likeness (QED) is 0.504. The third-order valence-corrected chi connectivity index (χ3v) is 5.73. The SMILES string of the molecule is O=C1CC(c2ccc(O)c3oc4ccccc4c23)CN1Cc1ccc(Cl)cc1. The first-order valence-electron chi connectivity index (χ1n) is 9.25. The van der Waals surface area contributed by atoms with Gasteiger partial charge in [-0.2, -0.15) is 0 Å². The minimum absolute atomic E-state index is 0.0592. The van der Waals surface area contributed by atoms with Crippen molar-refractivity contribution in [1.29, 1.82) is 0 Å². The first-order valence-corrected chi connectivity index (χ1v) is 9.63. The van der Waals surface area contributed by atoms with Crippen LogP contribution in [0.2, 0.25) is 5.02 Å². The second kappa shape index (κ2) is 6.57. The standard InChI is InChI=1S/C23H18ClNO3/c24-16-7-5-14(6-8-16)12-25-13-15(11-21(25)27)17-9-10-19(26)23-22(17)18-3-1-2-4-20(18)28-23/h1-10,15,26H,11-13H2. The van der Waals surface area contributed by atoms with Crippen LogP contribution in [0.4, 0.5) is 0 Å². The van der Waals surface area contributed by atoms with E-state index in [9.17, 15) is 9.90 Å². The summed E-state index contributed by atoms with van der Waals surface area (Å²) in [5, 5.41) is 12.8. The molecule has 4 aromatic rings. The molecule has 1 aliphatic heterocycles. The first-order chi connectivity index (χ1) is 13.6. The predicted octanol–water partition coefficient (Wildman–Crippen LogP) is 5.46. The fraction of sp³-hybridized carbons (Fsp3) is 0.174. The third-order valence-electron chi connectivity index (χ3n) is 5.48. The number of halogens is 1. The summed E-state index contributed by atoms with van der Waals surface area (Å²) in [6.45, 7) is 1.21. The smallest absolute Gasteiger partial charge is 0.223 e. The molecule has 1 N–H and O–H groups in total. The van der Waals surface area contributed by atoms with Gasteiger partial charge in [-0.3, -0.25) is 4.79 Å². The Labute approximate surface area is 166 Å². The second-order valence-corrected chi connectivity index (χ2v) is 7.71. The molecule has 5 heteroatoms. The van der Waals surface area contributed by atoms with E-state index in [1.165, 1.54) is 0 Å². The number of phenols is 1. The number of fused-ring (bicyclic) bond motifs is 3. The number of nitrogens with zero attached hydrogens (tertiary/aromatic N) is 1. The van der Waals surface area contributed by atoms with Gasteiger partial charge in [-0.25, -0.2) is 0 Å². The molecule has 3 aromatic carbocycles. The zero-order valence-electron chi connectivity index (χ0n) is 15.1. The predicted molar refractivity (Wildman–Crippen MR) is 110 cm³/mol. The van der Waals surface area contributed by atoms with E-state index in [4.69, 9.17) is 16.0 Å². The molecule has 1 amide bonds. The van der Waals surface area contributed by atoms with E-state index in [0.717, 1.165) is 27.5 Å². The lowest BCUT2D eigenvalue weighted by molar-refractivity contribution is -0.128. The molecule has 2 heterocycles. The van der Waals surface area contributed by atoms with E-state index in [1.54, 1.807) is 6.07 Å². The lowest BCUT2D eigenvalue weighted by atomic mass is 9.93. The fourth-order valence-corrected chi connectivity index (χ4v) is 4.25. The Morgan fingerprint density at radius 2 is 1.86 bits per heavy atom. The van der Waals surface area contributed by atoms with Gasteiger partial charge in [0.15, 0.2) is 11.3 Å². The lowest BCUT2D eigenvalue weighted by Gasteiger charge is -2.17. The molecule has 28 heavy (non-hydrogen) atoms. The maximum atomic E-state index is 12.7. The Kier molecular flexibility index (Phi) is 4.02. The van der Waals surface area contributed by atoms with Gasteiger partial charge in [-0.15, -0.1) is 0 Å². The van der Waals surface area contributed by atoms with Crippen LogP contribution < -0.4 is 0 Å². The van der Waals surface area contributed by atoms with Crippen LogP contribution in [0, 0.1) is 0 Å². The molecule has 0 radical (unpaired) electrons. The van der Waals surface area contributed by atoms with Crippen molar-refractivity contribution in [1.82, 2.24) is 4.90 Å². The lowest BCUT2D eigenvalue weighted by Crippen LogP contribution is -2.24. The number of likely N-dealkylation sites (tertiary alicyclic amines) is 1. The van der Waals surface area contributed by atoms with Gasteiger partial charge in [0.1, 0.15) is 5.58 Å². The van der Waals surface area contributed by atoms with E-state index >= 15 is 0 Å². The summed E-state index contributed by atoms with van der Waals surface area (Å²) in [7, 11) is 0. The largest absolute Gasteiger partial charge is 0.504 e. The summed E-state index contributed by atoms with van der Waals surface area (Å²) >= 11 is 5.96. The topological polar surface area (TPSA) is 53.7 Å². The van der Waals surface area contributed by atoms with Gasteiger partial charge in [0.25, 0.3) is 0 Å². The molecule has 5 rings (SSSR count). The van der Waals surface area contributed by atoms with E-state index in [2.05, 4.69) is 0 Å². The van der Waals surface area contributed by atoms with Gasteiger partial charge in [0.05, 0.1) is 0 Å². The zero-order chi connectivity index (χ0) is 19.3. The van der Waals surface area contributed by atoms with Crippen molar-refractivity contribution >= 4 is 39.4 Å². The normalized spacial score (nSPS) is 17.1. The number of hydrogen-bond acceptors (Lipinski definition) is 3. The first kappa shape index (κ1) is 17.1. The van der Waals surface area contributed by atoms with Crippen LogP contribution in [-0.2, 0) is 11.3 Å². The molecule has 1 atom stereocenters. The van der Waals surface area contributed by atoms with Gasteiger partial charge in [-0.05, 0) is 35.4 Å². The highest BCUT2D eigenvalue weighted by atomic mass is 35.5. The number of aromatic hydroxyl groups is 1. The number of rotatable bonds is 3. The second-order valence-electron chi connectivity index (χ2n) is 7.28. The van der Waals surface area contributed by atoms with E-state index in [1.807, 2.05) is 59.5 Å². The third kappa shape index (κ3) is 2.81. The number of para-hydroxylation sites is 1. The number of carbonyl (C=O) groups excluding carboxylic acids is 1. The van der Waals surface area contributed by atoms with Crippen LogP contribution in [0.25, 0.3) is 21.9 Å². The molecule has 1 aliphatic rings. The summed E-state index contributed by atoms with van der Waals surface area (Å²) in [6.07, 6.45) is 0.451. The highest BCUT2D eigenvalue weighted by molar-refractivity contribution is 6.30. The molecule has 1 aromatic heterocycles.